The van der Waals surface area contributed by atoms with Crippen LogP contribution in [0.1, 0.15) is 53.1 Å². The van der Waals surface area contributed by atoms with Gasteiger partial charge in [-0.15, -0.1) is 0 Å². The van der Waals surface area contributed by atoms with Gasteiger partial charge in [-0.1, -0.05) is 18.2 Å². The average molecular weight is 512 g/mol. The molecule has 37 heavy (non-hydrogen) atoms. The van der Waals surface area contributed by atoms with E-state index < -0.39 is 41.2 Å². The van der Waals surface area contributed by atoms with Crippen molar-refractivity contribution >= 4 is 40.4 Å². The van der Waals surface area contributed by atoms with Crippen LogP contribution in [0.25, 0.3) is 10.8 Å². The van der Waals surface area contributed by atoms with Crippen molar-refractivity contribution in [2.45, 2.75) is 58.8 Å². The van der Waals surface area contributed by atoms with E-state index in [1.807, 2.05) is 0 Å². The van der Waals surface area contributed by atoms with Gasteiger partial charge in [0.25, 0.3) is 0 Å². The van der Waals surface area contributed by atoms with Crippen LogP contribution in [0.15, 0.2) is 54.7 Å². The molecule has 2 amide bonds. The summed E-state index contributed by atoms with van der Waals surface area (Å²) < 4.78 is 25.1. The van der Waals surface area contributed by atoms with Gasteiger partial charge >= 0.3 is 18.2 Å². The Balaban J connectivity index is 2.04. The summed E-state index contributed by atoms with van der Waals surface area (Å²) in [5, 5.41) is 13.5. The van der Waals surface area contributed by atoms with Crippen LogP contribution in [0.5, 0.6) is 0 Å². The molecular weight excluding hydrogens is 481 g/mol. The second kappa shape index (κ2) is 10.4. The average Bonchev–Trinajstić information content (AvgIpc) is 2.75. The molecule has 1 heterocycles. The molecule has 3 aromatic rings. The van der Waals surface area contributed by atoms with E-state index in [9.17, 15) is 23.9 Å². The first-order chi connectivity index (χ1) is 17.2. The lowest BCUT2D eigenvalue weighted by atomic mass is 10.1. The van der Waals surface area contributed by atoms with Gasteiger partial charge < -0.3 is 19.9 Å². The topological polar surface area (TPSA) is 118 Å². The fourth-order valence-electron chi connectivity index (χ4n) is 3.44. The fraction of sp³-hybridized carbons (Fsp3) is 0.333. The molecule has 0 aliphatic rings. The van der Waals surface area contributed by atoms with Crippen LogP contribution >= 0.6 is 0 Å². The molecule has 0 saturated heterocycles. The van der Waals surface area contributed by atoms with Crippen molar-refractivity contribution in [1.29, 1.82) is 0 Å². The van der Waals surface area contributed by atoms with Gasteiger partial charge in [-0.2, -0.15) is 4.90 Å². The van der Waals surface area contributed by atoms with Crippen molar-refractivity contribution in [1.82, 2.24) is 4.98 Å². The van der Waals surface area contributed by atoms with Crippen LogP contribution in [0.3, 0.4) is 0 Å². The molecule has 0 bridgehead atoms. The molecule has 0 radical (unpaired) electrons. The van der Waals surface area contributed by atoms with Crippen molar-refractivity contribution in [3.63, 3.8) is 0 Å². The van der Waals surface area contributed by atoms with Crippen molar-refractivity contribution in [3.05, 3.63) is 66.1 Å². The molecule has 1 unspecified atom stereocenters. The van der Waals surface area contributed by atoms with Gasteiger partial charge in [-0.05, 0) is 77.3 Å². The normalized spacial score (nSPS) is 12.5. The van der Waals surface area contributed by atoms with E-state index in [1.54, 1.807) is 71.9 Å². The summed E-state index contributed by atoms with van der Waals surface area (Å²) in [4.78, 5) is 43.0. The number of nitrogens with zero attached hydrogens (tertiary/aromatic N) is 2. The highest BCUT2D eigenvalue weighted by Gasteiger charge is 2.34. The SMILES string of the molecule is CC(C)(C)OC(=O)N(C(=O)OC(C)(C)C)c1nccc2cc(NC(C(=O)O)c3ccccc3F)ccc12. The first-order valence-electron chi connectivity index (χ1n) is 11.5. The quantitative estimate of drug-likeness (QED) is 0.410. The maximum absolute atomic E-state index is 14.3. The first kappa shape index (κ1) is 27.4. The summed E-state index contributed by atoms with van der Waals surface area (Å²) in [6.45, 7) is 10.0. The molecule has 0 spiro atoms. The number of carboxylic acid groups (broad SMARTS) is 1. The molecule has 3 rings (SSSR count). The highest BCUT2D eigenvalue weighted by Crippen LogP contribution is 2.31. The number of anilines is 2. The summed E-state index contributed by atoms with van der Waals surface area (Å²) in [5.74, 6) is -1.93. The van der Waals surface area contributed by atoms with Gasteiger partial charge in [0.05, 0.1) is 0 Å². The molecule has 2 N–H and O–H groups in total. The highest BCUT2D eigenvalue weighted by atomic mass is 19.1. The Morgan fingerprint density at radius 3 is 2.08 bits per heavy atom. The Labute approximate surface area is 214 Å². The number of carboxylic acids is 1. The number of amides is 2. The lowest BCUT2D eigenvalue weighted by Gasteiger charge is -2.28. The van der Waals surface area contributed by atoms with E-state index in [1.165, 1.54) is 24.4 Å². The molecule has 0 saturated carbocycles. The number of carbonyl (C=O) groups is 3. The fourth-order valence-corrected chi connectivity index (χ4v) is 3.44. The van der Waals surface area contributed by atoms with E-state index >= 15 is 0 Å². The number of rotatable bonds is 5. The van der Waals surface area contributed by atoms with Gasteiger partial charge in [0.2, 0.25) is 0 Å². The van der Waals surface area contributed by atoms with Crippen LogP contribution < -0.4 is 10.2 Å². The van der Waals surface area contributed by atoms with Crippen LogP contribution in [0.4, 0.5) is 25.5 Å². The molecule has 2 aromatic carbocycles. The second-order valence-corrected chi connectivity index (χ2v) is 10.3. The molecule has 0 aliphatic heterocycles. The Morgan fingerprint density at radius 2 is 1.54 bits per heavy atom. The lowest BCUT2D eigenvalue weighted by Crippen LogP contribution is -2.44. The standard InChI is InChI=1S/C27H30FN3O6/c1-26(2,3)36-24(34)31(25(35)37-27(4,5)6)22-18-12-11-17(15-16(18)13-14-29-22)30-21(23(32)33)19-9-7-8-10-20(19)28/h7-15,21,30H,1-6H3,(H,32,33). The molecule has 1 atom stereocenters. The number of hydrogen-bond acceptors (Lipinski definition) is 7. The molecule has 1 aromatic heterocycles. The number of pyridine rings is 1. The number of benzene rings is 2. The largest absolute Gasteiger partial charge is 0.479 e. The van der Waals surface area contributed by atoms with E-state index in [2.05, 4.69) is 10.3 Å². The minimum Gasteiger partial charge on any atom is -0.479 e. The third-order valence-corrected chi connectivity index (χ3v) is 4.88. The minimum absolute atomic E-state index is 0.0172. The number of carbonyl (C=O) groups excluding carboxylic acids is 2. The van der Waals surface area contributed by atoms with E-state index in [-0.39, 0.29) is 11.4 Å². The molecule has 10 heteroatoms. The Bertz CT molecular complexity index is 1300. The number of halogens is 1. The summed E-state index contributed by atoms with van der Waals surface area (Å²) in [5.41, 5.74) is -1.43. The Kier molecular flexibility index (Phi) is 7.71. The third-order valence-electron chi connectivity index (χ3n) is 4.88. The number of nitrogens with one attached hydrogen (secondary N) is 1. The predicted octanol–water partition coefficient (Wildman–Crippen LogP) is 6.29. The molecular formula is C27H30FN3O6. The maximum Gasteiger partial charge on any atom is 0.425 e. The number of imide groups is 1. The van der Waals surface area contributed by atoms with Gasteiger partial charge in [0.15, 0.2) is 11.9 Å². The number of ether oxygens (including phenoxy) is 2. The number of aliphatic carboxylic acids is 1. The van der Waals surface area contributed by atoms with Crippen LogP contribution in [-0.2, 0) is 14.3 Å². The minimum atomic E-state index is -1.35. The summed E-state index contributed by atoms with van der Waals surface area (Å²) in [7, 11) is 0. The van der Waals surface area contributed by atoms with Crippen LogP contribution in [-0.4, -0.2) is 39.4 Å². The summed E-state index contributed by atoms with van der Waals surface area (Å²) in [6, 6.07) is 10.6. The first-order valence-corrected chi connectivity index (χ1v) is 11.5. The summed E-state index contributed by atoms with van der Waals surface area (Å²) in [6.07, 6.45) is -0.529. The number of hydrogen-bond donors (Lipinski definition) is 2. The van der Waals surface area contributed by atoms with Crippen LogP contribution in [0.2, 0.25) is 0 Å². The molecule has 9 nitrogen and oxygen atoms in total. The Hall–Kier alpha value is -4.21. The molecule has 0 aliphatic carbocycles. The zero-order valence-corrected chi connectivity index (χ0v) is 21.5. The maximum atomic E-state index is 14.3. The van der Waals surface area contributed by atoms with Gasteiger partial charge in [-0.25, -0.2) is 23.8 Å². The van der Waals surface area contributed by atoms with Crippen molar-refractivity contribution < 1.29 is 33.4 Å². The number of fused-ring (bicyclic) bond motifs is 1. The van der Waals surface area contributed by atoms with Gasteiger partial charge in [0.1, 0.15) is 17.0 Å². The lowest BCUT2D eigenvalue weighted by molar-refractivity contribution is -0.138. The Morgan fingerprint density at radius 1 is 0.946 bits per heavy atom. The van der Waals surface area contributed by atoms with E-state index in [0.29, 0.717) is 16.5 Å². The highest BCUT2D eigenvalue weighted by molar-refractivity contribution is 6.14. The van der Waals surface area contributed by atoms with E-state index in [0.717, 1.165) is 4.90 Å². The monoisotopic (exact) mass is 511 g/mol. The smallest absolute Gasteiger partial charge is 0.425 e. The predicted molar refractivity (Wildman–Crippen MR) is 137 cm³/mol. The second-order valence-electron chi connectivity index (χ2n) is 10.3. The van der Waals surface area contributed by atoms with Crippen molar-refractivity contribution in [2.75, 3.05) is 10.2 Å². The number of aromatic nitrogens is 1. The van der Waals surface area contributed by atoms with Crippen molar-refractivity contribution in [3.8, 4) is 0 Å². The van der Waals surface area contributed by atoms with Gasteiger partial charge in [0, 0.05) is 22.8 Å². The molecule has 196 valence electrons. The zero-order valence-electron chi connectivity index (χ0n) is 21.5. The summed E-state index contributed by atoms with van der Waals surface area (Å²) >= 11 is 0. The molecule has 0 fully saturated rings. The third kappa shape index (κ3) is 6.93. The van der Waals surface area contributed by atoms with Gasteiger partial charge in [-0.3, -0.25) is 0 Å². The van der Waals surface area contributed by atoms with Crippen LogP contribution in [0, 0.1) is 5.82 Å². The van der Waals surface area contributed by atoms with E-state index in [4.69, 9.17) is 9.47 Å². The van der Waals surface area contributed by atoms with Crippen molar-refractivity contribution in [2.24, 2.45) is 0 Å². The zero-order chi connectivity index (χ0) is 27.5.